The number of carbonyl (C=O) groups excluding carboxylic acids is 1. The lowest BCUT2D eigenvalue weighted by atomic mass is 10.0. The van der Waals surface area contributed by atoms with Crippen molar-refractivity contribution in [3.63, 3.8) is 0 Å². The lowest BCUT2D eigenvalue weighted by Crippen LogP contribution is -2.27. The van der Waals surface area contributed by atoms with Crippen LogP contribution < -0.4 is 0 Å². The first kappa shape index (κ1) is 13.7. The second-order valence-corrected chi connectivity index (χ2v) is 5.27. The van der Waals surface area contributed by atoms with Crippen LogP contribution in [-0.4, -0.2) is 28.9 Å². The summed E-state index contributed by atoms with van der Waals surface area (Å²) in [6.07, 6.45) is 0.326. The van der Waals surface area contributed by atoms with Gasteiger partial charge in [-0.25, -0.2) is 0 Å². The van der Waals surface area contributed by atoms with Crippen molar-refractivity contribution in [2.75, 3.05) is 7.05 Å². The quantitative estimate of drug-likeness (QED) is 0.847. The van der Waals surface area contributed by atoms with Gasteiger partial charge in [0.2, 0.25) is 5.91 Å². The van der Waals surface area contributed by atoms with Crippen LogP contribution in [0.15, 0.2) is 17.5 Å². The SMILES string of the molecule is CC(CC(=O)O)CC(=O)N(C)Cc1cccs1. The molecule has 94 valence electrons. The highest BCUT2D eigenvalue weighted by Crippen LogP contribution is 2.14. The molecule has 4 nitrogen and oxygen atoms in total. The van der Waals surface area contributed by atoms with E-state index in [0.29, 0.717) is 6.54 Å². The third-order valence-corrected chi connectivity index (χ3v) is 3.31. The van der Waals surface area contributed by atoms with E-state index >= 15 is 0 Å². The summed E-state index contributed by atoms with van der Waals surface area (Å²) < 4.78 is 0. The number of amides is 1. The van der Waals surface area contributed by atoms with Gasteiger partial charge in [-0.2, -0.15) is 0 Å². The van der Waals surface area contributed by atoms with Gasteiger partial charge in [0.25, 0.3) is 0 Å². The molecule has 0 fully saturated rings. The van der Waals surface area contributed by atoms with Gasteiger partial charge in [-0.3, -0.25) is 9.59 Å². The monoisotopic (exact) mass is 255 g/mol. The average molecular weight is 255 g/mol. The first-order valence-electron chi connectivity index (χ1n) is 5.47. The number of aliphatic carboxylic acids is 1. The predicted molar refractivity (Wildman–Crippen MR) is 66.8 cm³/mol. The molecule has 0 radical (unpaired) electrons. The standard InChI is InChI=1S/C12H17NO3S/c1-9(7-12(15)16)6-11(14)13(2)8-10-4-3-5-17-10/h3-5,9H,6-8H2,1-2H3,(H,15,16). The van der Waals surface area contributed by atoms with Gasteiger partial charge < -0.3 is 10.0 Å². The minimum absolute atomic E-state index is 0.00727. The molecule has 1 aromatic rings. The molecule has 0 aliphatic rings. The van der Waals surface area contributed by atoms with Gasteiger partial charge >= 0.3 is 5.97 Å². The molecule has 0 aromatic carbocycles. The molecule has 1 unspecified atom stereocenters. The summed E-state index contributed by atoms with van der Waals surface area (Å²) in [6.45, 7) is 2.38. The van der Waals surface area contributed by atoms with E-state index in [4.69, 9.17) is 5.11 Å². The van der Waals surface area contributed by atoms with Crippen LogP contribution in [0.5, 0.6) is 0 Å². The predicted octanol–water partition coefficient (Wildman–Crippen LogP) is 2.21. The highest BCUT2D eigenvalue weighted by atomic mass is 32.1. The summed E-state index contributed by atoms with van der Waals surface area (Å²) >= 11 is 1.61. The van der Waals surface area contributed by atoms with Crippen molar-refractivity contribution in [2.45, 2.75) is 26.3 Å². The lowest BCUT2D eigenvalue weighted by Gasteiger charge is -2.18. The summed E-state index contributed by atoms with van der Waals surface area (Å²) in [5, 5.41) is 10.6. The minimum atomic E-state index is -0.855. The number of carboxylic acids is 1. The molecule has 1 rings (SSSR count). The highest BCUT2D eigenvalue weighted by Gasteiger charge is 2.16. The molecule has 0 saturated carbocycles. The molecule has 1 N–H and O–H groups in total. The van der Waals surface area contributed by atoms with Crippen LogP contribution in [0.25, 0.3) is 0 Å². The molecule has 0 saturated heterocycles. The zero-order valence-corrected chi connectivity index (χ0v) is 10.9. The van der Waals surface area contributed by atoms with E-state index in [1.807, 2.05) is 17.5 Å². The topological polar surface area (TPSA) is 57.6 Å². The van der Waals surface area contributed by atoms with Crippen LogP contribution in [0, 0.1) is 5.92 Å². The first-order chi connectivity index (χ1) is 7.99. The molecule has 1 aromatic heterocycles. The number of hydrogen-bond acceptors (Lipinski definition) is 3. The fraction of sp³-hybridized carbons (Fsp3) is 0.500. The molecule has 5 heteroatoms. The molecule has 0 bridgehead atoms. The van der Waals surface area contributed by atoms with Gasteiger partial charge in [0, 0.05) is 24.8 Å². The molecule has 0 aliphatic heterocycles. The van der Waals surface area contributed by atoms with Gasteiger partial charge in [0.15, 0.2) is 0 Å². The summed E-state index contributed by atoms with van der Waals surface area (Å²) in [4.78, 5) is 25.1. The molecule has 1 heterocycles. The molecule has 17 heavy (non-hydrogen) atoms. The van der Waals surface area contributed by atoms with E-state index in [2.05, 4.69) is 0 Å². The van der Waals surface area contributed by atoms with Crippen molar-refractivity contribution in [3.05, 3.63) is 22.4 Å². The average Bonchev–Trinajstić information content (AvgIpc) is 2.68. The Morgan fingerprint density at radius 3 is 2.71 bits per heavy atom. The molecule has 0 aliphatic carbocycles. The van der Waals surface area contributed by atoms with E-state index in [0.717, 1.165) is 4.88 Å². The molecule has 0 spiro atoms. The Morgan fingerprint density at radius 2 is 2.18 bits per heavy atom. The van der Waals surface area contributed by atoms with Crippen LogP contribution >= 0.6 is 11.3 Å². The van der Waals surface area contributed by atoms with E-state index in [-0.39, 0.29) is 24.7 Å². The Hall–Kier alpha value is -1.36. The third kappa shape index (κ3) is 4.99. The van der Waals surface area contributed by atoms with Gasteiger partial charge in [-0.1, -0.05) is 13.0 Å². The number of hydrogen-bond donors (Lipinski definition) is 1. The fourth-order valence-electron chi connectivity index (χ4n) is 1.55. The normalized spacial score (nSPS) is 12.1. The van der Waals surface area contributed by atoms with E-state index < -0.39 is 5.97 Å². The van der Waals surface area contributed by atoms with E-state index in [1.165, 1.54) is 0 Å². The Bertz CT molecular complexity index is 375. The van der Waals surface area contributed by atoms with Gasteiger partial charge in [-0.15, -0.1) is 11.3 Å². The van der Waals surface area contributed by atoms with Crippen LogP contribution in [-0.2, 0) is 16.1 Å². The van der Waals surface area contributed by atoms with Crippen molar-refractivity contribution in [1.29, 1.82) is 0 Å². The third-order valence-electron chi connectivity index (χ3n) is 2.45. The van der Waals surface area contributed by atoms with E-state index in [9.17, 15) is 9.59 Å². The number of thiophene rings is 1. The van der Waals surface area contributed by atoms with Gasteiger partial charge in [-0.05, 0) is 17.4 Å². The summed E-state index contributed by atoms with van der Waals surface area (Å²) in [5.74, 6) is -0.982. The number of carbonyl (C=O) groups is 2. The van der Waals surface area contributed by atoms with Gasteiger partial charge in [0.1, 0.15) is 0 Å². The molecule has 1 atom stereocenters. The molecular weight excluding hydrogens is 238 g/mol. The maximum atomic E-state index is 11.8. The van der Waals surface area contributed by atoms with E-state index in [1.54, 1.807) is 30.2 Å². The Balaban J connectivity index is 2.39. The number of carboxylic acid groups (broad SMARTS) is 1. The van der Waals surface area contributed by atoms with Crippen LogP contribution in [0.2, 0.25) is 0 Å². The van der Waals surface area contributed by atoms with Crippen LogP contribution in [0.3, 0.4) is 0 Å². The maximum absolute atomic E-state index is 11.8. The largest absolute Gasteiger partial charge is 0.481 e. The van der Waals surface area contributed by atoms with Crippen molar-refractivity contribution in [2.24, 2.45) is 5.92 Å². The molecular formula is C12H17NO3S. The summed E-state index contributed by atoms with van der Waals surface area (Å²) in [6, 6.07) is 3.93. The first-order valence-corrected chi connectivity index (χ1v) is 6.35. The second kappa shape index (κ2) is 6.39. The summed E-state index contributed by atoms with van der Waals surface area (Å²) in [7, 11) is 1.75. The van der Waals surface area contributed by atoms with Crippen LogP contribution in [0.4, 0.5) is 0 Å². The fourth-order valence-corrected chi connectivity index (χ4v) is 2.31. The van der Waals surface area contributed by atoms with Crippen molar-refractivity contribution < 1.29 is 14.7 Å². The van der Waals surface area contributed by atoms with Crippen molar-refractivity contribution in [1.82, 2.24) is 4.90 Å². The van der Waals surface area contributed by atoms with Gasteiger partial charge in [0.05, 0.1) is 6.54 Å². The lowest BCUT2D eigenvalue weighted by molar-refractivity contribution is -0.138. The zero-order chi connectivity index (χ0) is 12.8. The summed E-state index contributed by atoms with van der Waals surface area (Å²) in [5.41, 5.74) is 0. The molecule has 1 amide bonds. The number of nitrogens with zero attached hydrogens (tertiary/aromatic N) is 1. The number of rotatable bonds is 6. The Kier molecular flexibility index (Phi) is 5.15. The van der Waals surface area contributed by atoms with Crippen molar-refractivity contribution in [3.8, 4) is 0 Å². The smallest absolute Gasteiger partial charge is 0.303 e. The Morgan fingerprint density at radius 1 is 1.47 bits per heavy atom. The Labute approximate surface area is 105 Å². The zero-order valence-electron chi connectivity index (χ0n) is 10.0. The highest BCUT2D eigenvalue weighted by molar-refractivity contribution is 7.09. The maximum Gasteiger partial charge on any atom is 0.303 e. The van der Waals surface area contributed by atoms with Crippen molar-refractivity contribution >= 4 is 23.2 Å². The second-order valence-electron chi connectivity index (χ2n) is 4.24. The minimum Gasteiger partial charge on any atom is -0.481 e. The van der Waals surface area contributed by atoms with Crippen LogP contribution in [0.1, 0.15) is 24.6 Å².